The number of rotatable bonds is 5. The molecule has 1 aliphatic carbocycles. The second-order valence-corrected chi connectivity index (χ2v) is 9.96. The van der Waals surface area contributed by atoms with Crippen molar-refractivity contribution in [2.75, 3.05) is 38.1 Å². The first kappa shape index (κ1) is 22.4. The summed E-state index contributed by atoms with van der Waals surface area (Å²) in [6.07, 6.45) is -0.407. The van der Waals surface area contributed by atoms with Gasteiger partial charge in [0.15, 0.2) is 0 Å². The Morgan fingerprint density at radius 1 is 1.06 bits per heavy atom. The van der Waals surface area contributed by atoms with Crippen LogP contribution in [0.4, 0.5) is 10.5 Å². The molecule has 0 saturated carbocycles. The molecule has 0 radical (unpaired) electrons. The minimum atomic E-state index is -0.407. The minimum absolute atomic E-state index is 0.0587. The maximum Gasteiger partial charge on any atom is 0.411 e. The third-order valence-electron chi connectivity index (χ3n) is 6.66. The van der Waals surface area contributed by atoms with Gasteiger partial charge in [-0.15, -0.1) is 0 Å². The van der Waals surface area contributed by atoms with Crippen LogP contribution in [0.1, 0.15) is 28.2 Å². The minimum Gasteiger partial charge on any atom is -0.448 e. The molecule has 3 aromatic rings. The van der Waals surface area contributed by atoms with E-state index in [1.54, 1.807) is 0 Å². The van der Waals surface area contributed by atoms with Crippen LogP contribution >= 0.6 is 22.6 Å². The van der Waals surface area contributed by atoms with Gasteiger partial charge in [0.2, 0.25) is 0 Å². The van der Waals surface area contributed by atoms with Gasteiger partial charge in [0.05, 0.1) is 0 Å². The molecule has 1 aliphatic heterocycles. The van der Waals surface area contributed by atoms with Gasteiger partial charge in [-0.1, -0.05) is 48.5 Å². The van der Waals surface area contributed by atoms with Crippen molar-refractivity contribution in [3.8, 4) is 11.1 Å². The van der Waals surface area contributed by atoms with Crippen LogP contribution in [0.3, 0.4) is 0 Å². The third kappa shape index (κ3) is 4.78. The van der Waals surface area contributed by atoms with E-state index in [-0.39, 0.29) is 5.92 Å². The molecule has 0 bridgehead atoms. The number of fused-ring (bicyclic) bond motifs is 3. The summed E-state index contributed by atoms with van der Waals surface area (Å²) in [7, 11) is 0. The Morgan fingerprint density at radius 3 is 2.36 bits per heavy atom. The van der Waals surface area contributed by atoms with Gasteiger partial charge in [0.1, 0.15) is 6.61 Å². The number of anilines is 1. The first-order valence-electron chi connectivity index (χ1n) is 11.4. The van der Waals surface area contributed by atoms with Crippen LogP contribution in [0, 0.1) is 10.5 Å². The molecule has 5 nitrogen and oxygen atoms in total. The average Bonchev–Trinajstić information content (AvgIpc) is 3.15. The summed E-state index contributed by atoms with van der Waals surface area (Å²) < 4.78 is 6.87. The number of piperazine rings is 1. The van der Waals surface area contributed by atoms with E-state index in [0.29, 0.717) is 6.61 Å². The Balaban J connectivity index is 1.28. The van der Waals surface area contributed by atoms with E-state index in [9.17, 15) is 4.79 Å². The summed E-state index contributed by atoms with van der Waals surface area (Å²) in [5.74, 6) is 0.0587. The molecule has 2 aliphatic rings. The van der Waals surface area contributed by atoms with Crippen molar-refractivity contribution in [3.63, 3.8) is 0 Å². The van der Waals surface area contributed by atoms with Gasteiger partial charge in [-0.3, -0.25) is 10.2 Å². The SMILES string of the molecule is Cc1c(CN2CCNCC2)cc(I)cc1NC(=O)OCC1c2ccccc2-c2ccccc21. The van der Waals surface area contributed by atoms with Gasteiger partial charge in [-0.05, 0) is 75.0 Å². The summed E-state index contributed by atoms with van der Waals surface area (Å²) in [6, 6.07) is 21.0. The van der Waals surface area contributed by atoms with E-state index in [2.05, 4.69) is 87.5 Å². The quantitative estimate of drug-likeness (QED) is 0.418. The zero-order valence-corrected chi connectivity index (χ0v) is 20.9. The number of hydrogen-bond acceptors (Lipinski definition) is 4. The molecule has 6 heteroatoms. The Morgan fingerprint density at radius 2 is 1.70 bits per heavy atom. The van der Waals surface area contributed by atoms with Crippen molar-refractivity contribution in [2.24, 2.45) is 0 Å². The molecule has 170 valence electrons. The maximum absolute atomic E-state index is 12.8. The van der Waals surface area contributed by atoms with Gasteiger partial charge in [-0.25, -0.2) is 4.79 Å². The molecule has 1 saturated heterocycles. The number of carbonyl (C=O) groups is 1. The number of benzene rings is 3. The Kier molecular flexibility index (Phi) is 6.66. The number of nitrogens with one attached hydrogen (secondary N) is 2. The van der Waals surface area contributed by atoms with Crippen LogP contribution in [0.25, 0.3) is 11.1 Å². The van der Waals surface area contributed by atoms with Crippen molar-refractivity contribution < 1.29 is 9.53 Å². The predicted molar refractivity (Wildman–Crippen MR) is 141 cm³/mol. The second kappa shape index (κ2) is 9.83. The average molecular weight is 553 g/mol. The number of amides is 1. The molecule has 0 aromatic heterocycles. The van der Waals surface area contributed by atoms with E-state index >= 15 is 0 Å². The molecule has 33 heavy (non-hydrogen) atoms. The summed E-state index contributed by atoms with van der Waals surface area (Å²) in [5, 5.41) is 6.40. The van der Waals surface area contributed by atoms with Crippen molar-refractivity contribution in [3.05, 3.63) is 86.5 Å². The van der Waals surface area contributed by atoms with Gasteiger partial charge in [0.25, 0.3) is 0 Å². The number of halogens is 1. The highest BCUT2D eigenvalue weighted by Gasteiger charge is 2.29. The molecule has 0 atom stereocenters. The zero-order chi connectivity index (χ0) is 22.8. The molecule has 3 aromatic carbocycles. The highest BCUT2D eigenvalue weighted by atomic mass is 127. The maximum atomic E-state index is 12.8. The van der Waals surface area contributed by atoms with E-state index < -0.39 is 6.09 Å². The zero-order valence-electron chi connectivity index (χ0n) is 18.7. The highest BCUT2D eigenvalue weighted by Crippen LogP contribution is 2.44. The number of carbonyl (C=O) groups excluding carboxylic acids is 1. The van der Waals surface area contributed by atoms with Crippen LogP contribution < -0.4 is 10.6 Å². The topological polar surface area (TPSA) is 53.6 Å². The summed E-state index contributed by atoms with van der Waals surface area (Å²) in [5.41, 5.74) is 8.07. The molecule has 2 N–H and O–H groups in total. The normalized spacial score (nSPS) is 15.7. The van der Waals surface area contributed by atoms with Gasteiger partial charge >= 0.3 is 6.09 Å². The lowest BCUT2D eigenvalue weighted by atomic mass is 9.98. The first-order chi connectivity index (χ1) is 16.1. The lowest BCUT2D eigenvalue weighted by Gasteiger charge is -2.28. The fourth-order valence-electron chi connectivity index (χ4n) is 4.88. The Bertz CT molecular complexity index is 1130. The number of nitrogens with zero attached hydrogens (tertiary/aromatic N) is 1. The van der Waals surface area contributed by atoms with Crippen LogP contribution in [0.15, 0.2) is 60.7 Å². The molecule has 1 amide bonds. The van der Waals surface area contributed by atoms with Gasteiger partial charge in [-0.2, -0.15) is 0 Å². The molecular formula is C27H28IN3O2. The van der Waals surface area contributed by atoms with E-state index in [1.807, 2.05) is 18.2 Å². The molecule has 5 rings (SSSR count). The Labute approximate surface area is 208 Å². The van der Waals surface area contributed by atoms with E-state index in [0.717, 1.165) is 47.5 Å². The molecule has 1 heterocycles. The lowest BCUT2D eigenvalue weighted by Crippen LogP contribution is -2.43. The monoisotopic (exact) mass is 553 g/mol. The molecule has 1 fully saturated rings. The molecule has 0 spiro atoms. The smallest absolute Gasteiger partial charge is 0.411 e. The van der Waals surface area contributed by atoms with Gasteiger partial charge in [0, 0.05) is 47.9 Å². The third-order valence-corrected chi connectivity index (χ3v) is 7.29. The lowest BCUT2D eigenvalue weighted by molar-refractivity contribution is 0.158. The standard InChI is InChI=1S/C27H28IN3O2/c1-18-19(16-31-12-10-29-11-13-31)14-20(28)15-26(18)30-27(32)33-17-25-23-8-4-2-6-21(23)22-7-3-5-9-24(22)25/h2-9,14-15,25,29H,10-13,16-17H2,1H3,(H,30,32). The van der Waals surface area contributed by atoms with Crippen LogP contribution in [-0.4, -0.2) is 43.8 Å². The van der Waals surface area contributed by atoms with Crippen molar-refractivity contribution in [1.29, 1.82) is 0 Å². The molecular weight excluding hydrogens is 525 g/mol. The van der Waals surface area contributed by atoms with E-state index in [4.69, 9.17) is 4.74 Å². The Hall–Kier alpha value is -2.42. The fraction of sp³-hybridized carbons (Fsp3) is 0.296. The second-order valence-electron chi connectivity index (χ2n) is 8.71. The van der Waals surface area contributed by atoms with Crippen molar-refractivity contribution in [1.82, 2.24) is 10.2 Å². The first-order valence-corrected chi connectivity index (χ1v) is 12.5. The van der Waals surface area contributed by atoms with E-state index in [1.165, 1.54) is 27.8 Å². The molecule has 0 unspecified atom stereocenters. The summed E-state index contributed by atoms with van der Waals surface area (Å²) >= 11 is 2.32. The highest BCUT2D eigenvalue weighted by molar-refractivity contribution is 14.1. The van der Waals surface area contributed by atoms with Crippen LogP contribution in [-0.2, 0) is 11.3 Å². The van der Waals surface area contributed by atoms with Crippen LogP contribution in [0.2, 0.25) is 0 Å². The summed E-state index contributed by atoms with van der Waals surface area (Å²) in [6.45, 7) is 7.41. The largest absolute Gasteiger partial charge is 0.448 e. The van der Waals surface area contributed by atoms with Crippen molar-refractivity contribution in [2.45, 2.75) is 19.4 Å². The fourth-order valence-corrected chi connectivity index (χ4v) is 5.57. The number of hydrogen-bond donors (Lipinski definition) is 2. The number of ether oxygens (including phenoxy) is 1. The predicted octanol–water partition coefficient (Wildman–Crippen LogP) is 5.37. The van der Waals surface area contributed by atoms with Crippen LogP contribution in [0.5, 0.6) is 0 Å². The van der Waals surface area contributed by atoms with Crippen molar-refractivity contribution >= 4 is 34.4 Å². The van der Waals surface area contributed by atoms with Gasteiger partial charge < -0.3 is 10.1 Å². The summed E-state index contributed by atoms with van der Waals surface area (Å²) in [4.78, 5) is 15.3.